The molecular weight excluding hydrogens is 459 g/mol. The first-order valence-electron chi connectivity index (χ1n) is 8.44. The number of esters is 1. The number of nitro benzene ring substituents is 3. The minimum absolute atomic E-state index is 0.332. The van der Waals surface area contributed by atoms with E-state index in [-0.39, 0.29) is 5.56 Å². The highest BCUT2D eigenvalue weighted by Gasteiger charge is 2.39. The molecule has 170 valence electrons. The Labute approximate surface area is 178 Å². The molecule has 33 heavy (non-hydrogen) atoms. The van der Waals surface area contributed by atoms with Crippen molar-refractivity contribution in [2.45, 2.75) is 6.18 Å². The highest BCUT2D eigenvalue weighted by Crippen LogP contribution is 2.41. The summed E-state index contributed by atoms with van der Waals surface area (Å²) in [5, 5.41) is 33.8. The Balaban J connectivity index is 2.42. The largest absolute Gasteiger partial charge is 0.465 e. The molecule has 0 N–H and O–H groups in total. The summed E-state index contributed by atoms with van der Waals surface area (Å²) >= 11 is 0. The molecular formula is C17H8F3N5O8. The summed E-state index contributed by atoms with van der Waals surface area (Å²) in [6, 6.07) is 3.44. The zero-order chi connectivity index (χ0) is 24.7. The first-order chi connectivity index (χ1) is 15.3. The average molecular weight is 467 g/mol. The van der Waals surface area contributed by atoms with E-state index in [0.29, 0.717) is 18.2 Å². The highest BCUT2D eigenvalue weighted by molar-refractivity contribution is 5.92. The number of halogens is 3. The first-order valence-corrected chi connectivity index (χ1v) is 8.44. The maximum atomic E-state index is 13.7. The van der Waals surface area contributed by atoms with Crippen molar-refractivity contribution in [3.8, 4) is 11.3 Å². The summed E-state index contributed by atoms with van der Waals surface area (Å²) in [4.78, 5) is 49.0. The Hall–Kier alpha value is -4.76. The van der Waals surface area contributed by atoms with Gasteiger partial charge in [-0.15, -0.1) is 0 Å². The van der Waals surface area contributed by atoms with Gasteiger partial charge >= 0.3 is 23.5 Å². The van der Waals surface area contributed by atoms with Crippen LogP contribution in [0.15, 0.2) is 30.3 Å². The fourth-order valence-electron chi connectivity index (χ4n) is 2.89. The zero-order valence-electron chi connectivity index (χ0n) is 16.0. The first kappa shape index (κ1) is 22.9. The van der Waals surface area contributed by atoms with Gasteiger partial charge in [-0.05, 0) is 12.1 Å². The Morgan fingerprint density at radius 1 is 0.879 bits per heavy atom. The van der Waals surface area contributed by atoms with Gasteiger partial charge in [0.2, 0.25) is 0 Å². The summed E-state index contributed by atoms with van der Waals surface area (Å²) in [7, 11) is 0.991. The van der Waals surface area contributed by atoms with E-state index in [1.807, 2.05) is 0 Å². The predicted molar refractivity (Wildman–Crippen MR) is 101 cm³/mol. The van der Waals surface area contributed by atoms with Crippen molar-refractivity contribution in [1.82, 2.24) is 9.97 Å². The maximum absolute atomic E-state index is 13.7. The molecule has 13 nitrogen and oxygen atoms in total. The van der Waals surface area contributed by atoms with Crippen LogP contribution < -0.4 is 0 Å². The van der Waals surface area contributed by atoms with Crippen molar-refractivity contribution < 1.29 is 37.5 Å². The number of aromatic nitrogens is 2. The van der Waals surface area contributed by atoms with Crippen LogP contribution in [-0.4, -0.2) is 37.8 Å². The van der Waals surface area contributed by atoms with E-state index in [1.54, 1.807) is 0 Å². The summed E-state index contributed by atoms with van der Waals surface area (Å²) in [6.07, 6.45) is -5.22. The summed E-state index contributed by atoms with van der Waals surface area (Å²) in [5.41, 5.74) is -8.21. The van der Waals surface area contributed by atoms with Crippen LogP contribution >= 0.6 is 0 Å². The Morgan fingerprint density at radius 2 is 1.39 bits per heavy atom. The Morgan fingerprint density at radius 3 is 1.85 bits per heavy atom. The second kappa shape index (κ2) is 8.06. The number of carbonyl (C=O) groups excluding carboxylic acids is 1. The van der Waals surface area contributed by atoms with Crippen LogP contribution in [0.4, 0.5) is 30.2 Å². The third-order valence-corrected chi connectivity index (χ3v) is 4.29. The SMILES string of the molecule is COC(=O)c1ccc(-c2nc3cc([N+](=O)[O-])c([N+](=O)[O-])cc3nc2C(F)(F)F)c([N+](=O)[O-])c1. The van der Waals surface area contributed by atoms with Gasteiger partial charge in [0.1, 0.15) is 5.69 Å². The number of ether oxygens (including phenoxy) is 1. The molecule has 0 radical (unpaired) electrons. The van der Waals surface area contributed by atoms with E-state index in [0.717, 1.165) is 19.2 Å². The van der Waals surface area contributed by atoms with E-state index in [1.165, 1.54) is 0 Å². The molecule has 0 atom stereocenters. The fraction of sp³-hybridized carbons (Fsp3) is 0.118. The Bertz CT molecular complexity index is 1360. The van der Waals surface area contributed by atoms with Crippen LogP contribution in [0.25, 0.3) is 22.3 Å². The Kier molecular flexibility index (Phi) is 5.60. The summed E-state index contributed by atoms with van der Waals surface area (Å²) < 4.78 is 45.6. The van der Waals surface area contributed by atoms with Crippen LogP contribution in [0.5, 0.6) is 0 Å². The molecule has 0 saturated carbocycles. The van der Waals surface area contributed by atoms with Gasteiger partial charge in [0.25, 0.3) is 5.69 Å². The zero-order valence-corrected chi connectivity index (χ0v) is 16.0. The molecule has 0 aliphatic rings. The molecule has 3 aromatic rings. The van der Waals surface area contributed by atoms with Gasteiger partial charge in [0.05, 0.1) is 56.2 Å². The summed E-state index contributed by atoms with van der Waals surface area (Å²) in [5.74, 6) is -0.992. The van der Waals surface area contributed by atoms with E-state index < -0.39 is 72.0 Å². The molecule has 3 rings (SSSR count). The van der Waals surface area contributed by atoms with Crippen LogP contribution in [0.2, 0.25) is 0 Å². The van der Waals surface area contributed by atoms with Crippen LogP contribution in [0.1, 0.15) is 16.1 Å². The number of rotatable bonds is 5. The van der Waals surface area contributed by atoms with Crippen molar-refractivity contribution in [2.24, 2.45) is 0 Å². The molecule has 1 heterocycles. The molecule has 0 spiro atoms. The number of alkyl halides is 3. The molecule has 0 unspecified atom stereocenters. The van der Waals surface area contributed by atoms with E-state index in [4.69, 9.17) is 0 Å². The third kappa shape index (κ3) is 4.21. The second-order valence-corrected chi connectivity index (χ2v) is 6.24. The van der Waals surface area contributed by atoms with E-state index in [2.05, 4.69) is 14.7 Å². The van der Waals surface area contributed by atoms with Crippen molar-refractivity contribution in [1.29, 1.82) is 0 Å². The van der Waals surface area contributed by atoms with Gasteiger partial charge in [0.15, 0.2) is 5.69 Å². The lowest BCUT2D eigenvalue weighted by molar-refractivity contribution is -0.422. The van der Waals surface area contributed by atoms with Gasteiger partial charge in [-0.25, -0.2) is 14.8 Å². The highest BCUT2D eigenvalue weighted by atomic mass is 19.4. The van der Waals surface area contributed by atoms with Crippen LogP contribution in [0, 0.1) is 30.3 Å². The molecule has 0 amide bonds. The molecule has 0 bridgehead atoms. The number of hydrogen-bond acceptors (Lipinski definition) is 10. The number of hydrogen-bond donors (Lipinski definition) is 0. The van der Waals surface area contributed by atoms with Gasteiger partial charge in [-0.2, -0.15) is 13.2 Å². The smallest absolute Gasteiger partial charge is 0.435 e. The van der Waals surface area contributed by atoms with Crippen molar-refractivity contribution in [2.75, 3.05) is 7.11 Å². The molecule has 0 fully saturated rings. The van der Waals surface area contributed by atoms with Gasteiger partial charge in [0, 0.05) is 6.07 Å². The minimum Gasteiger partial charge on any atom is -0.465 e. The lowest BCUT2D eigenvalue weighted by atomic mass is 10.0. The number of methoxy groups -OCH3 is 1. The molecule has 16 heteroatoms. The number of benzene rings is 2. The van der Waals surface area contributed by atoms with Crippen molar-refractivity contribution in [3.05, 3.63) is 71.9 Å². The number of nitrogens with zero attached hydrogens (tertiary/aromatic N) is 5. The fourth-order valence-corrected chi connectivity index (χ4v) is 2.89. The molecule has 0 saturated heterocycles. The van der Waals surface area contributed by atoms with Crippen molar-refractivity contribution in [3.63, 3.8) is 0 Å². The van der Waals surface area contributed by atoms with E-state index >= 15 is 0 Å². The third-order valence-electron chi connectivity index (χ3n) is 4.29. The number of fused-ring (bicyclic) bond motifs is 1. The van der Waals surface area contributed by atoms with Crippen LogP contribution in [0.3, 0.4) is 0 Å². The standard InChI is InChI=1S/C17H8F3N5O8/c1-33-16(26)7-2-3-8(11(4-7)23(27)28)14-15(17(18,19)20)22-10-6-13(25(31)32)12(24(29)30)5-9(10)21-14/h2-6H,1H3. The normalized spacial score (nSPS) is 11.3. The molecule has 0 aliphatic heterocycles. The topological polar surface area (TPSA) is 182 Å². The lowest BCUT2D eigenvalue weighted by Crippen LogP contribution is -2.13. The quantitative estimate of drug-likeness (QED) is 0.304. The molecule has 1 aromatic heterocycles. The minimum atomic E-state index is -5.22. The van der Waals surface area contributed by atoms with Gasteiger partial charge < -0.3 is 4.74 Å². The maximum Gasteiger partial charge on any atom is 0.435 e. The second-order valence-electron chi connectivity index (χ2n) is 6.24. The molecule has 0 aliphatic carbocycles. The summed E-state index contributed by atoms with van der Waals surface area (Å²) in [6.45, 7) is 0. The van der Waals surface area contributed by atoms with Crippen molar-refractivity contribution >= 4 is 34.1 Å². The van der Waals surface area contributed by atoms with Gasteiger partial charge in [-0.1, -0.05) is 0 Å². The lowest BCUT2D eigenvalue weighted by Gasteiger charge is -2.13. The number of carbonyl (C=O) groups is 1. The predicted octanol–water partition coefficient (Wildman–Crippen LogP) is 3.83. The van der Waals surface area contributed by atoms with Crippen LogP contribution in [-0.2, 0) is 10.9 Å². The van der Waals surface area contributed by atoms with E-state index in [9.17, 15) is 48.3 Å². The number of nitro groups is 3. The van der Waals surface area contributed by atoms with Gasteiger partial charge in [-0.3, -0.25) is 30.3 Å². The monoisotopic (exact) mass is 467 g/mol. The molecule has 2 aromatic carbocycles. The average Bonchev–Trinajstić information content (AvgIpc) is 2.75.